The first-order valence-electron chi connectivity index (χ1n) is 7.42. The Morgan fingerprint density at radius 3 is 2.09 bits per heavy atom. The minimum absolute atomic E-state index is 0.138. The normalized spacial score (nSPS) is 23.6. The van der Waals surface area contributed by atoms with E-state index in [9.17, 15) is 24.5 Å². The fourth-order valence-electron chi connectivity index (χ4n) is 3.17. The van der Waals surface area contributed by atoms with Crippen LogP contribution in [0.25, 0.3) is 0 Å². The van der Waals surface area contributed by atoms with Gasteiger partial charge in [-0.3, -0.25) is 29.9 Å². The van der Waals surface area contributed by atoms with Crippen LogP contribution in [0.1, 0.15) is 36.0 Å². The molecule has 1 aliphatic heterocycles. The molecule has 120 valence electrons. The number of nitrogens with one attached hydrogen (secondary N) is 1. The van der Waals surface area contributed by atoms with Crippen LogP contribution >= 0.6 is 0 Å². The molecule has 0 spiro atoms. The number of nitro groups is 1. The standard InChI is InChI=1S/C15H15N3O5/c19-13(9-5-7-10(8-6-9)18(22)23)16-17-14(20)11-3-1-2-4-12(11)15(17)21/h5-8,11-12H,1-4H2,(H,16,19)/t11-,12+. The van der Waals surface area contributed by atoms with E-state index in [0.29, 0.717) is 12.8 Å². The highest BCUT2D eigenvalue weighted by atomic mass is 16.6. The summed E-state index contributed by atoms with van der Waals surface area (Å²) in [5.74, 6) is -2.05. The number of nitro benzene ring substituents is 1. The minimum Gasteiger partial charge on any atom is -0.272 e. The minimum atomic E-state index is -0.639. The summed E-state index contributed by atoms with van der Waals surface area (Å²) in [5, 5.41) is 11.4. The number of amides is 3. The molecule has 2 atom stereocenters. The number of hydrazine groups is 1. The second kappa shape index (κ2) is 5.79. The lowest BCUT2D eigenvalue weighted by molar-refractivity contribution is -0.384. The van der Waals surface area contributed by atoms with Crippen molar-refractivity contribution in [3.8, 4) is 0 Å². The molecule has 0 unspecified atom stereocenters. The fourth-order valence-corrected chi connectivity index (χ4v) is 3.17. The number of fused-ring (bicyclic) bond motifs is 1. The molecular weight excluding hydrogens is 302 g/mol. The molecule has 1 saturated carbocycles. The summed E-state index contributed by atoms with van der Waals surface area (Å²) >= 11 is 0. The molecule has 1 aliphatic carbocycles. The maximum Gasteiger partial charge on any atom is 0.270 e. The Balaban J connectivity index is 1.73. The summed E-state index contributed by atoms with van der Waals surface area (Å²) in [6.45, 7) is 0. The van der Waals surface area contributed by atoms with E-state index in [0.717, 1.165) is 17.9 Å². The van der Waals surface area contributed by atoms with Crippen molar-refractivity contribution < 1.29 is 19.3 Å². The second-order valence-electron chi connectivity index (χ2n) is 5.75. The lowest BCUT2D eigenvalue weighted by atomic mass is 9.81. The van der Waals surface area contributed by atoms with Crippen molar-refractivity contribution in [2.75, 3.05) is 0 Å². The van der Waals surface area contributed by atoms with Gasteiger partial charge in [0.2, 0.25) is 0 Å². The lowest BCUT2D eigenvalue weighted by Gasteiger charge is -2.19. The number of nitrogens with zero attached hydrogens (tertiary/aromatic N) is 2. The van der Waals surface area contributed by atoms with Crippen molar-refractivity contribution in [1.29, 1.82) is 0 Å². The number of non-ortho nitro benzene ring substituents is 1. The average molecular weight is 317 g/mol. The molecule has 2 fully saturated rings. The Labute approximate surface area is 131 Å². The molecule has 1 aromatic rings. The average Bonchev–Trinajstić information content (AvgIpc) is 2.80. The largest absolute Gasteiger partial charge is 0.272 e. The number of benzene rings is 1. The third-order valence-electron chi connectivity index (χ3n) is 4.39. The van der Waals surface area contributed by atoms with Gasteiger partial charge in [0, 0.05) is 17.7 Å². The molecule has 8 heteroatoms. The Bertz CT molecular complexity index is 661. The highest BCUT2D eigenvalue weighted by molar-refractivity contribution is 6.07. The van der Waals surface area contributed by atoms with Gasteiger partial charge in [-0.25, -0.2) is 0 Å². The van der Waals surface area contributed by atoms with E-state index in [1.54, 1.807) is 0 Å². The van der Waals surface area contributed by atoms with Gasteiger partial charge in [-0.2, -0.15) is 5.01 Å². The van der Waals surface area contributed by atoms with Crippen molar-refractivity contribution in [2.24, 2.45) is 11.8 Å². The third-order valence-corrected chi connectivity index (χ3v) is 4.39. The molecule has 0 radical (unpaired) electrons. The topological polar surface area (TPSA) is 110 Å². The van der Waals surface area contributed by atoms with Gasteiger partial charge in [-0.05, 0) is 25.0 Å². The molecule has 2 aliphatic rings. The van der Waals surface area contributed by atoms with Gasteiger partial charge in [0.25, 0.3) is 23.4 Å². The Morgan fingerprint density at radius 1 is 1.09 bits per heavy atom. The van der Waals surface area contributed by atoms with Crippen LogP contribution in [0.15, 0.2) is 24.3 Å². The van der Waals surface area contributed by atoms with Gasteiger partial charge in [-0.15, -0.1) is 0 Å². The number of hydrogen-bond acceptors (Lipinski definition) is 5. The molecule has 1 saturated heterocycles. The SMILES string of the molecule is O=C(NN1C(=O)[C@H]2CCCC[C@H]2C1=O)c1ccc([N+](=O)[O-])cc1. The van der Waals surface area contributed by atoms with Gasteiger partial charge in [0.1, 0.15) is 0 Å². The second-order valence-corrected chi connectivity index (χ2v) is 5.75. The van der Waals surface area contributed by atoms with E-state index >= 15 is 0 Å². The van der Waals surface area contributed by atoms with Crippen LogP contribution in [0, 0.1) is 22.0 Å². The van der Waals surface area contributed by atoms with Crippen molar-refractivity contribution >= 4 is 23.4 Å². The highest BCUT2D eigenvalue weighted by Crippen LogP contribution is 2.37. The summed E-state index contributed by atoms with van der Waals surface area (Å²) in [4.78, 5) is 46.7. The number of imide groups is 1. The molecular formula is C15H15N3O5. The molecule has 3 rings (SSSR count). The van der Waals surface area contributed by atoms with E-state index < -0.39 is 10.8 Å². The van der Waals surface area contributed by atoms with E-state index in [1.165, 1.54) is 24.3 Å². The number of rotatable bonds is 3. The maximum atomic E-state index is 12.3. The van der Waals surface area contributed by atoms with Crippen LogP contribution in [-0.2, 0) is 9.59 Å². The zero-order valence-corrected chi connectivity index (χ0v) is 12.2. The first-order valence-corrected chi connectivity index (χ1v) is 7.42. The summed E-state index contributed by atoms with van der Waals surface area (Å²) in [6.07, 6.45) is 3.15. The Morgan fingerprint density at radius 2 is 1.61 bits per heavy atom. The summed E-state index contributed by atoms with van der Waals surface area (Å²) in [6, 6.07) is 4.96. The fraction of sp³-hybridized carbons (Fsp3) is 0.400. The van der Waals surface area contributed by atoms with Crippen LogP contribution in [-0.4, -0.2) is 27.7 Å². The molecule has 3 amide bonds. The third kappa shape index (κ3) is 2.67. The van der Waals surface area contributed by atoms with Crippen LogP contribution in [0.2, 0.25) is 0 Å². The molecule has 23 heavy (non-hydrogen) atoms. The highest BCUT2D eigenvalue weighted by Gasteiger charge is 2.49. The van der Waals surface area contributed by atoms with Crippen molar-refractivity contribution in [2.45, 2.75) is 25.7 Å². The van der Waals surface area contributed by atoms with E-state index in [-0.39, 0.29) is 34.9 Å². The van der Waals surface area contributed by atoms with Crippen molar-refractivity contribution in [3.63, 3.8) is 0 Å². The van der Waals surface area contributed by atoms with Crippen LogP contribution in [0.5, 0.6) is 0 Å². The monoisotopic (exact) mass is 317 g/mol. The number of carbonyl (C=O) groups excluding carboxylic acids is 3. The molecule has 1 N–H and O–H groups in total. The Hall–Kier alpha value is -2.77. The summed E-state index contributed by atoms with van der Waals surface area (Å²) in [5.41, 5.74) is 2.33. The molecule has 1 aromatic carbocycles. The zero-order valence-electron chi connectivity index (χ0n) is 12.2. The molecule has 0 aromatic heterocycles. The van der Waals surface area contributed by atoms with Gasteiger partial charge in [0.05, 0.1) is 16.8 Å². The van der Waals surface area contributed by atoms with Crippen LogP contribution in [0.4, 0.5) is 5.69 Å². The van der Waals surface area contributed by atoms with Gasteiger partial charge >= 0.3 is 0 Å². The first-order chi connectivity index (χ1) is 11.0. The quantitative estimate of drug-likeness (QED) is 0.515. The summed E-state index contributed by atoms with van der Waals surface area (Å²) in [7, 11) is 0. The predicted octanol–water partition coefficient (Wildman–Crippen LogP) is 1.41. The first kappa shape index (κ1) is 15.1. The molecule has 1 heterocycles. The number of carbonyl (C=O) groups is 3. The van der Waals surface area contributed by atoms with E-state index in [1.807, 2.05) is 0 Å². The molecule has 8 nitrogen and oxygen atoms in total. The maximum absolute atomic E-state index is 12.3. The van der Waals surface area contributed by atoms with Gasteiger partial charge in [0.15, 0.2) is 0 Å². The van der Waals surface area contributed by atoms with E-state index in [2.05, 4.69) is 5.43 Å². The van der Waals surface area contributed by atoms with Crippen LogP contribution < -0.4 is 5.43 Å². The van der Waals surface area contributed by atoms with Gasteiger partial charge < -0.3 is 0 Å². The van der Waals surface area contributed by atoms with E-state index in [4.69, 9.17) is 0 Å². The zero-order chi connectivity index (χ0) is 16.6. The lowest BCUT2D eigenvalue weighted by Crippen LogP contribution is -2.46. The van der Waals surface area contributed by atoms with Gasteiger partial charge in [-0.1, -0.05) is 12.8 Å². The number of hydrogen-bond donors (Lipinski definition) is 1. The predicted molar refractivity (Wildman–Crippen MR) is 77.9 cm³/mol. The van der Waals surface area contributed by atoms with Crippen molar-refractivity contribution in [1.82, 2.24) is 10.4 Å². The Kier molecular flexibility index (Phi) is 3.81. The molecule has 0 bridgehead atoms. The smallest absolute Gasteiger partial charge is 0.270 e. The van der Waals surface area contributed by atoms with Crippen LogP contribution in [0.3, 0.4) is 0 Å². The van der Waals surface area contributed by atoms with Crippen molar-refractivity contribution in [3.05, 3.63) is 39.9 Å². The summed E-state index contributed by atoms with van der Waals surface area (Å²) < 4.78 is 0.